The van der Waals surface area contributed by atoms with Crippen LogP contribution in [0, 0.1) is 6.92 Å². The largest absolute Gasteiger partial charge is 0.351 e. The molecular weight excluding hydrogens is 256 g/mol. The van der Waals surface area contributed by atoms with Crippen LogP contribution in [-0.4, -0.2) is 12.5 Å². The molecule has 4 heteroatoms. The SMILES string of the molecule is Cc1cscc1CNCC(=O)NCc1ccccc1. The second-order valence-corrected chi connectivity index (χ2v) is 5.19. The number of hydrogen-bond acceptors (Lipinski definition) is 3. The topological polar surface area (TPSA) is 41.1 Å². The molecule has 0 saturated heterocycles. The number of carbonyl (C=O) groups is 1. The second kappa shape index (κ2) is 7.07. The van der Waals surface area contributed by atoms with Gasteiger partial charge in [0.25, 0.3) is 0 Å². The molecule has 2 rings (SSSR count). The summed E-state index contributed by atoms with van der Waals surface area (Å²) >= 11 is 1.69. The van der Waals surface area contributed by atoms with Crippen LogP contribution in [0.25, 0.3) is 0 Å². The van der Waals surface area contributed by atoms with Crippen molar-refractivity contribution in [3.63, 3.8) is 0 Å². The van der Waals surface area contributed by atoms with Gasteiger partial charge in [0.05, 0.1) is 6.54 Å². The third-order valence-corrected chi connectivity index (χ3v) is 3.81. The van der Waals surface area contributed by atoms with E-state index >= 15 is 0 Å². The summed E-state index contributed by atoms with van der Waals surface area (Å²) in [5.74, 6) is 0.0248. The van der Waals surface area contributed by atoms with Gasteiger partial charge in [-0.05, 0) is 34.4 Å². The van der Waals surface area contributed by atoms with E-state index in [-0.39, 0.29) is 5.91 Å². The summed E-state index contributed by atoms with van der Waals surface area (Å²) in [7, 11) is 0. The van der Waals surface area contributed by atoms with Crippen LogP contribution in [0.2, 0.25) is 0 Å². The van der Waals surface area contributed by atoms with E-state index in [1.54, 1.807) is 11.3 Å². The summed E-state index contributed by atoms with van der Waals surface area (Å²) in [5.41, 5.74) is 3.66. The van der Waals surface area contributed by atoms with Crippen LogP contribution in [-0.2, 0) is 17.9 Å². The van der Waals surface area contributed by atoms with Gasteiger partial charge < -0.3 is 10.6 Å². The lowest BCUT2D eigenvalue weighted by molar-refractivity contribution is -0.120. The Morgan fingerprint density at radius 2 is 1.95 bits per heavy atom. The van der Waals surface area contributed by atoms with E-state index in [0.29, 0.717) is 13.1 Å². The van der Waals surface area contributed by atoms with Gasteiger partial charge in [-0.25, -0.2) is 0 Å². The summed E-state index contributed by atoms with van der Waals surface area (Å²) in [6, 6.07) is 9.92. The molecule has 2 N–H and O–H groups in total. The Morgan fingerprint density at radius 1 is 1.16 bits per heavy atom. The van der Waals surface area contributed by atoms with Gasteiger partial charge in [0.1, 0.15) is 0 Å². The number of benzene rings is 1. The van der Waals surface area contributed by atoms with E-state index < -0.39 is 0 Å². The van der Waals surface area contributed by atoms with Gasteiger partial charge in [-0.1, -0.05) is 30.3 Å². The fourth-order valence-corrected chi connectivity index (χ4v) is 2.59. The maximum Gasteiger partial charge on any atom is 0.234 e. The molecule has 0 fully saturated rings. The van der Waals surface area contributed by atoms with Crippen molar-refractivity contribution in [3.05, 3.63) is 57.8 Å². The number of nitrogens with one attached hydrogen (secondary N) is 2. The van der Waals surface area contributed by atoms with Crippen molar-refractivity contribution < 1.29 is 4.79 Å². The van der Waals surface area contributed by atoms with Crippen LogP contribution < -0.4 is 10.6 Å². The van der Waals surface area contributed by atoms with E-state index in [0.717, 1.165) is 12.1 Å². The molecule has 2 aromatic rings. The predicted molar refractivity (Wildman–Crippen MR) is 79.1 cm³/mol. The van der Waals surface area contributed by atoms with Gasteiger partial charge in [-0.3, -0.25) is 4.79 Å². The molecule has 1 aromatic carbocycles. The number of carbonyl (C=O) groups excluding carboxylic acids is 1. The average molecular weight is 274 g/mol. The quantitative estimate of drug-likeness (QED) is 0.849. The van der Waals surface area contributed by atoms with Crippen molar-refractivity contribution in [3.8, 4) is 0 Å². The smallest absolute Gasteiger partial charge is 0.234 e. The zero-order valence-corrected chi connectivity index (χ0v) is 11.8. The summed E-state index contributed by atoms with van der Waals surface area (Å²) in [4.78, 5) is 11.7. The molecule has 19 heavy (non-hydrogen) atoms. The minimum atomic E-state index is 0.0248. The highest BCUT2D eigenvalue weighted by molar-refractivity contribution is 7.08. The van der Waals surface area contributed by atoms with E-state index in [1.165, 1.54) is 11.1 Å². The van der Waals surface area contributed by atoms with Crippen molar-refractivity contribution in [2.24, 2.45) is 0 Å². The van der Waals surface area contributed by atoms with Crippen LogP contribution in [0.3, 0.4) is 0 Å². The Bertz CT molecular complexity index is 522. The third-order valence-electron chi connectivity index (χ3n) is 2.90. The number of amides is 1. The van der Waals surface area contributed by atoms with Crippen molar-refractivity contribution >= 4 is 17.2 Å². The lowest BCUT2D eigenvalue weighted by Gasteiger charge is -2.06. The Hall–Kier alpha value is -1.65. The first-order valence-electron chi connectivity index (χ1n) is 6.28. The van der Waals surface area contributed by atoms with Crippen LogP contribution >= 0.6 is 11.3 Å². The van der Waals surface area contributed by atoms with Crippen molar-refractivity contribution in [1.29, 1.82) is 0 Å². The minimum Gasteiger partial charge on any atom is -0.351 e. The van der Waals surface area contributed by atoms with Crippen LogP contribution in [0.15, 0.2) is 41.1 Å². The van der Waals surface area contributed by atoms with Crippen LogP contribution in [0.4, 0.5) is 0 Å². The Morgan fingerprint density at radius 3 is 2.63 bits per heavy atom. The lowest BCUT2D eigenvalue weighted by atomic mass is 10.2. The third kappa shape index (κ3) is 4.50. The van der Waals surface area contributed by atoms with Gasteiger partial charge in [0, 0.05) is 13.1 Å². The molecule has 1 aromatic heterocycles. The van der Waals surface area contributed by atoms with Crippen LogP contribution in [0.5, 0.6) is 0 Å². The molecule has 1 heterocycles. The molecule has 1 amide bonds. The standard InChI is InChI=1S/C15H18N2OS/c1-12-10-19-11-14(12)8-16-9-15(18)17-7-13-5-3-2-4-6-13/h2-6,10-11,16H,7-9H2,1H3,(H,17,18). The second-order valence-electron chi connectivity index (χ2n) is 4.45. The number of rotatable bonds is 6. The molecule has 0 atom stereocenters. The van der Waals surface area contributed by atoms with Crippen molar-refractivity contribution in [2.45, 2.75) is 20.0 Å². The summed E-state index contributed by atoms with van der Waals surface area (Å²) in [6.45, 7) is 3.76. The maximum atomic E-state index is 11.7. The summed E-state index contributed by atoms with van der Waals surface area (Å²) < 4.78 is 0. The highest BCUT2D eigenvalue weighted by Crippen LogP contribution is 2.12. The van der Waals surface area contributed by atoms with E-state index in [1.807, 2.05) is 30.3 Å². The van der Waals surface area contributed by atoms with Crippen molar-refractivity contribution in [1.82, 2.24) is 10.6 Å². The molecule has 0 unspecified atom stereocenters. The fraction of sp³-hybridized carbons (Fsp3) is 0.267. The Kier molecular flexibility index (Phi) is 5.12. The molecule has 0 aliphatic heterocycles. The lowest BCUT2D eigenvalue weighted by Crippen LogP contribution is -2.33. The first-order valence-corrected chi connectivity index (χ1v) is 7.23. The zero-order chi connectivity index (χ0) is 13.5. The Balaban J connectivity index is 1.66. The molecule has 0 radical (unpaired) electrons. The van der Waals surface area contributed by atoms with Gasteiger partial charge >= 0.3 is 0 Å². The zero-order valence-electron chi connectivity index (χ0n) is 11.0. The number of aryl methyl sites for hydroxylation is 1. The van der Waals surface area contributed by atoms with Gasteiger partial charge in [-0.15, -0.1) is 0 Å². The van der Waals surface area contributed by atoms with E-state index in [2.05, 4.69) is 28.3 Å². The molecule has 0 spiro atoms. The highest BCUT2D eigenvalue weighted by Gasteiger charge is 2.02. The fourth-order valence-electron chi connectivity index (χ4n) is 1.74. The van der Waals surface area contributed by atoms with Gasteiger partial charge in [0.15, 0.2) is 0 Å². The minimum absolute atomic E-state index is 0.0248. The van der Waals surface area contributed by atoms with Gasteiger partial charge in [-0.2, -0.15) is 11.3 Å². The maximum absolute atomic E-state index is 11.7. The van der Waals surface area contributed by atoms with Gasteiger partial charge in [0.2, 0.25) is 5.91 Å². The molecule has 0 aliphatic carbocycles. The number of thiophene rings is 1. The average Bonchev–Trinajstić information content (AvgIpc) is 2.83. The molecule has 0 bridgehead atoms. The monoisotopic (exact) mass is 274 g/mol. The van der Waals surface area contributed by atoms with Crippen molar-refractivity contribution in [2.75, 3.05) is 6.54 Å². The summed E-state index contributed by atoms with van der Waals surface area (Å²) in [5, 5.41) is 10.3. The Labute approximate surface area is 117 Å². The molecule has 0 saturated carbocycles. The molecule has 100 valence electrons. The molecule has 0 aliphatic rings. The predicted octanol–water partition coefficient (Wildman–Crippen LogP) is 2.46. The normalized spacial score (nSPS) is 10.4. The van der Waals surface area contributed by atoms with E-state index in [4.69, 9.17) is 0 Å². The molecular formula is C15H18N2OS. The van der Waals surface area contributed by atoms with Crippen LogP contribution in [0.1, 0.15) is 16.7 Å². The highest BCUT2D eigenvalue weighted by atomic mass is 32.1. The first-order chi connectivity index (χ1) is 9.25. The molecule has 3 nitrogen and oxygen atoms in total. The first kappa shape index (κ1) is 13.8. The number of hydrogen-bond donors (Lipinski definition) is 2. The summed E-state index contributed by atoms with van der Waals surface area (Å²) in [6.07, 6.45) is 0. The van der Waals surface area contributed by atoms with E-state index in [9.17, 15) is 4.79 Å².